The number of carbonyl (C=O) groups is 2. The van der Waals surface area contributed by atoms with Crippen molar-refractivity contribution in [2.75, 3.05) is 11.9 Å². The van der Waals surface area contributed by atoms with Crippen LogP contribution in [-0.4, -0.2) is 23.6 Å². The minimum Gasteiger partial charge on any atom is -0.492 e. The van der Waals surface area contributed by atoms with Crippen molar-refractivity contribution in [1.29, 1.82) is 0 Å². The molecule has 2 N–H and O–H groups in total. The summed E-state index contributed by atoms with van der Waals surface area (Å²) in [4.78, 5) is 23.3. The lowest BCUT2D eigenvalue weighted by molar-refractivity contribution is 0.0696. The Hall–Kier alpha value is -3.12. The lowest BCUT2D eigenvalue weighted by Crippen LogP contribution is -2.12. The summed E-state index contributed by atoms with van der Waals surface area (Å²) in [5, 5.41) is 11.7. The Morgan fingerprint density at radius 3 is 2.25 bits per heavy atom. The molecule has 3 aromatic carbocycles. The predicted molar refractivity (Wildman–Crippen MR) is 111 cm³/mol. The van der Waals surface area contributed by atoms with E-state index in [1.165, 1.54) is 17.7 Å². The number of hydrogen-bond donors (Lipinski definition) is 2. The number of nitrogens with one attached hydrogen (secondary N) is 1. The van der Waals surface area contributed by atoms with Crippen LogP contribution in [0.2, 0.25) is 0 Å². The van der Waals surface area contributed by atoms with Crippen molar-refractivity contribution in [1.82, 2.24) is 0 Å². The average molecular weight is 440 g/mol. The average Bonchev–Trinajstić information content (AvgIpc) is 2.70. The van der Waals surface area contributed by atoms with Gasteiger partial charge in [-0.1, -0.05) is 30.3 Å². The summed E-state index contributed by atoms with van der Waals surface area (Å²) in [5.74, 6) is -0.637. The van der Waals surface area contributed by atoms with Crippen molar-refractivity contribution >= 4 is 33.5 Å². The fraction of sp³-hybridized carbons (Fsp3) is 0.0909. The summed E-state index contributed by atoms with van der Waals surface area (Å²) in [7, 11) is 0. The Bertz CT molecular complexity index is 972. The van der Waals surface area contributed by atoms with Crippen LogP contribution in [0.3, 0.4) is 0 Å². The van der Waals surface area contributed by atoms with Crippen molar-refractivity contribution in [2.24, 2.45) is 0 Å². The fourth-order valence-electron chi connectivity index (χ4n) is 2.58. The van der Waals surface area contributed by atoms with Crippen LogP contribution < -0.4 is 10.1 Å². The number of ether oxygens (including phenoxy) is 1. The van der Waals surface area contributed by atoms with Gasteiger partial charge < -0.3 is 15.2 Å². The van der Waals surface area contributed by atoms with E-state index < -0.39 is 5.97 Å². The first-order valence-electron chi connectivity index (χ1n) is 8.64. The first-order valence-corrected chi connectivity index (χ1v) is 9.43. The second kappa shape index (κ2) is 9.19. The van der Waals surface area contributed by atoms with Crippen LogP contribution in [0.5, 0.6) is 5.75 Å². The van der Waals surface area contributed by atoms with Gasteiger partial charge >= 0.3 is 5.97 Å². The van der Waals surface area contributed by atoms with E-state index in [-0.39, 0.29) is 11.5 Å². The molecule has 28 heavy (non-hydrogen) atoms. The van der Waals surface area contributed by atoms with Crippen molar-refractivity contribution in [3.8, 4) is 5.75 Å². The molecule has 0 bridgehead atoms. The van der Waals surface area contributed by atoms with E-state index in [9.17, 15) is 9.59 Å². The topological polar surface area (TPSA) is 75.6 Å². The standard InChI is InChI=1S/C22H18BrNO4/c23-19-14-17(21(25)24-18-9-6-16(7-10-18)22(26)27)8-11-20(19)28-13-12-15-4-2-1-3-5-15/h1-11,14H,12-13H2,(H,24,25)(H,26,27). The molecular weight excluding hydrogens is 422 g/mol. The number of carboxylic acids is 1. The third-order valence-corrected chi connectivity index (χ3v) is 4.69. The monoisotopic (exact) mass is 439 g/mol. The van der Waals surface area contributed by atoms with Gasteiger partial charge in [0.2, 0.25) is 0 Å². The lowest BCUT2D eigenvalue weighted by atomic mass is 10.1. The molecule has 142 valence electrons. The van der Waals surface area contributed by atoms with Crippen LogP contribution in [-0.2, 0) is 6.42 Å². The summed E-state index contributed by atoms with van der Waals surface area (Å²) in [6.07, 6.45) is 0.794. The summed E-state index contributed by atoms with van der Waals surface area (Å²) in [5.41, 5.74) is 2.35. The third kappa shape index (κ3) is 5.20. The molecule has 3 aromatic rings. The van der Waals surface area contributed by atoms with Gasteiger partial charge in [-0.3, -0.25) is 4.79 Å². The molecule has 0 aliphatic rings. The number of carbonyl (C=O) groups excluding carboxylic acids is 1. The normalized spacial score (nSPS) is 10.3. The number of rotatable bonds is 7. The van der Waals surface area contributed by atoms with Gasteiger partial charge in [-0.25, -0.2) is 4.79 Å². The molecule has 0 aromatic heterocycles. The first kappa shape index (κ1) is 19.6. The number of halogens is 1. The van der Waals surface area contributed by atoms with Gasteiger partial charge in [0.1, 0.15) is 5.75 Å². The number of hydrogen-bond acceptors (Lipinski definition) is 3. The van der Waals surface area contributed by atoms with Crippen LogP contribution in [0, 0.1) is 0 Å². The molecule has 3 rings (SSSR count). The molecule has 0 fully saturated rings. The number of benzene rings is 3. The van der Waals surface area contributed by atoms with Gasteiger partial charge in [-0.15, -0.1) is 0 Å². The summed E-state index contributed by atoms with van der Waals surface area (Å²) >= 11 is 3.44. The molecule has 1 amide bonds. The molecule has 0 saturated carbocycles. The maximum absolute atomic E-state index is 12.4. The Balaban J connectivity index is 1.59. The minimum absolute atomic E-state index is 0.165. The Morgan fingerprint density at radius 2 is 1.61 bits per heavy atom. The molecule has 6 heteroatoms. The molecular formula is C22H18BrNO4. The van der Waals surface area contributed by atoms with Gasteiger partial charge in [0.25, 0.3) is 5.91 Å². The third-order valence-electron chi connectivity index (χ3n) is 4.07. The van der Waals surface area contributed by atoms with Gasteiger partial charge in [-0.2, -0.15) is 0 Å². The van der Waals surface area contributed by atoms with E-state index in [2.05, 4.69) is 33.4 Å². The van der Waals surface area contributed by atoms with E-state index in [4.69, 9.17) is 9.84 Å². The number of anilines is 1. The highest BCUT2D eigenvalue weighted by Gasteiger charge is 2.10. The Kier molecular flexibility index (Phi) is 6.45. The van der Waals surface area contributed by atoms with Crippen LogP contribution in [0.15, 0.2) is 77.3 Å². The SMILES string of the molecule is O=C(O)c1ccc(NC(=O)c2ccc(OCCc3ccccc3)c(Br)c2)cc1. The maximum Gasteiger partial charge on any atom is 0.335 e. The van der Waals surface area contributed by atoms with Crippen molar-refractivity contribution < 1.29 is 19.4 Å². The molecule has 0 aliphatic heterocycles. The summed E-state index contributed by atoms with van der Waals surface area (Å²) in [6, 6.07) is 21.2. The molecule has 0 unspecified atom stereocenters. The highest BCUT2D eigenvalue weighted by molar-refractivity contribution is 9.10. The van der Waals surface area contributed by atoms with Crippen molar-refractivity contribution in [3.63, 3.8) is 0 Å². The van der Waals surface area contributed by atoms with Crippen molar-refractivity contribution in [3.05, 3.63) is 94.0 Å². The van der Waals surface area contributed by atoms with E-state index in [1.54, 1.807) is 30.3 Å². The van der Waals surface area contributed by atoms with Crippen LogP contribution in [0.4, 0.5) is 5.69 Å². The van der Waals surface area contributed by atoms with Crippen LogP contribution in [0.1, 0.15) is 26.3 Å². The summed E-state index contributed by atoms with van der Waals surface area (Å²) < 4.78 is 6.48. The molecule has 0 radical (unpaired) electrons. The van der Waals surface area contributed by atoms with Gasteiger partial charge in [0.05, 0.1) is 16.6 Å². The molecule has 0 saturated heterocycles. The number of carboxylic acid groups (broad SMARTS) is 1. The number of aromatic carboxylic acids is 1. The molecule has 0 spiro atoms. The smallest absolute Gasteiger partial charge is 0.335 e. The van der Waals surface area contributed by atoms with Crippen LogP contribution >= 0.6 is 15.9 Å². The minimum atomic E-state index is -1.01. The highest BCUT2D eigenvalue weighted by atomic mass is 79.9. The maximum atomic E-state index is 12.4. The van der Waals surface area contributed by atoms with E-state index in [0.29, 0.717) is 28.1 Å². The van der Waals surface area contributed by atoms with E-state index in [1.807, 2.05) is 18.2 Å². The quantitative estimate of drug-likeness (QED) is 0.541. The Morgan fingerprint density at radius 1 is 0.929 bits per heavy atom. The highest BCUT2D eigenvalue weighted by Crippen LogP contribution is 2.26. The van der Waals surface area contributed by atoms with Gasteiger partial charge in [0, 0.05) is 17.7 Å². The second-order valence-corrected chi connectivity index (χ2v) is 6.92. The first-order chi connectivity index (χ1) is 13.5. The van der Waals surface area contributed by atoms with E-state index in [0.717, 1.165) is 6.42 Å². The Labute approximate surface area is 171 Å². The number of amides is 1. The molecule has 5 nitrogen and oxygen atoms in total. The largest absolute Gasteiger partial charge is 0.492 e. The molecule has 0 heterocycles. The zero-order chi connectivity index (χ0) is 19.9. The van der Waals surface area contributed by atoms with Gasteiger partial charge in [0.15, 0.2) is 0 Å². The predicted octanol–water partition coefficient (Wildman–Crippen LogP) is 5.02. The zero-order valence-corrected chi connectivity index (χ0v) is 16.5. The van der Waals surface area contributed by atoms with Crippen LogP contribution in [0.25, 0.3) is 0 Å². The zero-order valence-electron chi connectivity index (χ0n) is 14.9. The van der Waals surface area contributed by atoms with Crippen molar-refractivity contribution in [2.45, 2.75) is 6.42 Å². The van der Waals surface area contributed by atoms with E-state index >= 15 is 0 Å². The molecule has 0 atom stereocenters. The summed E-state index contributed by atoms with van der Waals surface area (Å²) in [6.45, 7) is 0.532. The fourth-order valence-corrected chi connectivity index (χ4v) is 3.08. The molecule has 0 aliphatic carbocycles. The lowest BCUT2D eigenvalue weighted by Gasteiger charge is -2.10. The van der Waals surface area contributed by atoms with Gasteiger partial charge in [-0.05, 0) is 64.0 Å². The second-order valence-electron chi connectivity index (χ2n) is 6.07.